The van der Waals surface area contributed by atoms with E-state index in [4.69, 9.17) is 26.4 Å². The van der Waals surface area contributed by atoms with Gasteiger partial charge in [-0.3, -0.25) is 5.21 Å². The number of urea groups is 1. The summed E-state index contributed by atoms with van der Waals surface area (Å²) in [5, 5.41) is 16.6. The molecule has 0 aliphatic heterocycles. The molecule has 0 spiro atoms. The summed E-state index contributed by atoms with van der Waals surface area (Å²) in [7, 11) is -3.81. The zero-order valence-corrected chi connectivity index (χ0v) is 16.5. The fourth-order valence-electron chi connectivity index (χ4n) is 2.59. The van der Waals surface area contributed by atoms with Crippen molar-refractivity contribution in [2.24, 2.45) is 5.14 Å². The number of nitrogens with one attached hydrogen (secondary N) is 2. The topological polar surface area (TPSA) is 148 Å². The number of nitrogens with two attached hydrogens (primary N) is 1. The molecule has 0 radical (unpaired) electrons. The fraction of sp³-hybridized carbons (Fsp3) is 0.111. The van der Waals surface area contributed by atoms with Gasteiger partial charge in [-0.15, -0.1) is 0 Å². The number of primary sulfonamides is 1. The second-order valence-corrected chi connectivity index (χ2v) is 7.98. The Labute approximate surface area is 171 Å². The summed E-state index contributed by atoms with van der Waals surface area (Å²) < 4.78 is 28.8. The van der Waals surface area contributed by atoms with Crippen molar-refractivity contribution in [2.75, 3.05) is 6.54 Å². The van der Waals surface area contributed by atoms with Gasteiger partial charge in [0.15, 0.2) is 11.7 Å². The molecule has 2 amide bonds. The Balaban J connectivity index is 1.97. The molecule has 3 rings (SSSR count). The number of rotatable bonds is 6. The van der Waals surface area contributed by atoms with Crippen molar-refractivity contribution in [1.29, 1.82) is 0 Å². The van der Waals surface area contributed by atoms with E-state index < -0.39 is 16.1 Å². The molecule has 1 aromatic heterocycles. The van der Waals surface area contributed by atoms with Crippen LogP contribution in [0.4, 0.5) is 4.79 Å². The van der Waals surface area contributed by atoms with E-state index in [2.05, 4.69) is 10.3 Å². The van der Waals surface area contributed by atoms with Gasteiger partial charge in [0.05, 0.1) is 4.90 Å². The van der Waals surface area contributed by atoms with E-state index >= 15 is 0 Å². The molecular weight excluding hydrogens is 420 g/mol. The van der Waals surface area contributed by atoms with Crippen LogP contribution in [-0.2, 0) is 16.4 Å². The largest absolute Gasteiger partial charge is 0.440 e. The van der Waals surface area contributed by atoms with Crippen LogP contribution in [0.15, 0.2) is 57.8 Å². The Hall–Kier alpha value is -2.92. The lowest BCUT2D eigenvalue weighted by atomic mass is 10.1. The maximum Gasteiger partial charge on any atom is 0.338 e. The highest BCUT2D eigenvalue weighted by Crippen LogP contribution is 2.33. The molecule has 0 saturated carbocycles. The van der Waals surface area contributed by atoms with Crippen LogP contribution in [0.25, 0.3) is 22.6 Å². The number of sulfonamides is 1. The summed E-state index contributed by atoms with van der Waals surface area (Å²) in [5.74, 6) is 0.811. The Morgan fingerprint density at radius 2 is 1.72 bits per heavy atom. The number of nitrogens with zero attached hydrogens (tertiary/aromatic N) is 1. The normalized spacial score (nSPS) is 11.3. The summed E-state index contributed by atoms with van der Waals surface area (Å²) >= 11 is 5.95. The number of carbonyl (C=O) groups excluding carboxylic acids is 1. The molecule has 0 fully saturated rings. The van der Waals surface area contributed by atoms with Gasteiger partial charge in [-0.05, 0) is 36.4 Å². The van der Waals surface area contributed by atoms with Gasteiger partial charge < -0.3 is 9.73 Å². The lowest BCUT2D eigenvalue weighted by Crippen LogP contribution is -2.34. The Kier molecular flexibility index (Phi) is 6.18. The molecule has 2 aromatic carbocycles. The zero-order valence-electron chi connectivity index (χ0n) is 14.9. The van der Waals surface area contributed by atoms with Crippen LogP contribution in [0.5, 0.6) is 0 Å². The molecule has 0 atom stereocenters. The first kappa shape index (κ1) is 20.8. The van der Waals surface area contributed by atoms with Crippen LogP contribution >= 0.6 is 11.6 Å². The molecule has 0 unspecified atom stereocenters. The summed E-state index contributed by atoms with van der Waals surface area (Å²) in [6.07, 6.45) is 0.267. The van der Waals surface area contributed by atoms with Gasteiger partial charge in [-0.2, -0.15) is 0 Å². The van der Waals surface area contributed by atoms with Gasteiger partial charge in [-0.1, -0.05) is 23.7 Å². The third-order valence-corrected chi connectivity index (χ3v) is 5.14. The predicted molar refractivity (Wildman–Crippen MR) is 106 cm³/mol. The van der Waals surface area contributed by atoms with Crippen molar-refractivity contribution in [3.8, 4) is 22.6 Å². The van der Waals surface area contributed by atoms with E-state index in [1.165, 1.54) is 17.6 Å². The molecule has 1 heterocycles. The highest BCUT2D eigenvalue weighted by atomic mass is 35.5. The van der Waals surface area contributed by atoms with Crippen molar-refractivity contribution in [1.82, 2.24) is 15.8 Å². The van der Waals surface area contributed by atoms with Crippen molar-refractivity contribution in [3.05, 3.63) is 59.4 Å². The van der Waals surface area contributed by atoms with Crippen molar-refractivity contribution in [2.45, 2.75) is 11.3 Å². The number of oxazole rings is 1. The van der Waals surface area contributed by atoms with Gasteiger partial charge in [-0.25, -0.2) is 28.8 Å². The minimum absolute atomic E-state index is 0.0165. The van der Waals surface area contributed by atoms with Gasteiger partial charge in [0.25, 0.3) is 0 Å². The smallest absolute Gasteiger partial charge is 0.338 e. The Morgan fingerprint density at radius 3 is 2.31 bits per heavy atom. The average Bonchev–Trinajstić information content (AvgIpc) is 3.12. The Bertz CT molecular complexity index is 1110. The number of aromatic nitrogens is 1. The number of benzene rings is 2. The summed E-state index contributed by atoms with van der Waals surface area (Å²) in [5.41, 5.74) is 3.31. The molecule has 0 saturated heterocycles. The molecule has 5 N–H and O–H groups in total. The number of carbonyl (C=O) groups is 1. The third kappa shape index (κ3) is 5.12. The third-order valence-electron chi connectivity index (χ3n) is 3.96. The number of halogens is 1. The summed E-state index contributed by atoms with van der Waals surface area (Å²) in [6.45, 7) is 0.177. The van der Waals surface area contributed by atoms with E-state index in [9.17, 15) is 13.2 Å². The number of amides is 2. The first-order chi connectivity index (χ1) is 13.8. The van der Waals surface area contributed by atoms with E-state index in [-0.39, 0.29) is 17.9 Å². The van der Waals surface area contributed by atoms with Crippen LogP contribution in [-0.4, -0.2) is 31.2 Å². The number of hydroxylamine groups is 1. The van der Waals surface area contributed by atoms with Crippen LogP contribution in [0.3, 0.4) is 0 Å². The number of hydrogen-bond donors (Lipinski definition) is 4. The lowest BCUT2D eigenvalue weighted by Gasteiger charge is -2.03. The summed E-state index contributed by atoms with van der Waals surface area (Å²) in [6, 6.07) is 12.2. The fourth-order valence-corrected chi connectivity index (χ4v) is 3.23. The minimum atomic E-state index is -3.81. The highest BCUT2D eigenvalue weighted by molar-refractivity contribution is 7.89. The molecule has 9 nitrogen and oxygen atoms in total. The quantitative estimate of drug-likeness (QED) is 0.344. The van der Waals surface area contributed by atoms with Crippen LogP contribution in [0.1, 0.15) is 5.89 Å². The maximum absolute atomic E-state index is 11.5. The highest BCUT2D eigenvalue weighted by Gasteiger charge is 2.18. The van der Waals surface area contributed by atoms with E-state index in [1.54, 1.807) is 36.4 Å². The first-order valence-electron chi connectivity index (χ1n) is 8.35. The monoisotopic (exact) mass is 436 g/mol. The minimum Gasteiger partial charge on any atom is -0.440 e. The summed E-state index contributed by atoms with van der Waals surface area (Å²) in [4.78, 5) is 15.5. The second kappa shape index (κ2) is 8.62. The molecule has 3 aromatic rings. The molecule has 29 heavy (non-hydrogen) atoms. The van der Waals surface area contributed by atoms with Crippen molar-refractivity contribution in [3.63, 3.8) is 0 Å². The molecule has 11 heteroatoms. The van der Waals surface area contributed by atoms with Crippen LogP contribution < -0.4 is 15.9 Å². The Morgan fingerprint density at radius 1 is 1.10 bits per heavy atom. The zero-order chi connectivity index (χ0) is 21.0. The standard InChI is InChI=1S/C18H17ClN4O5S/c19-13-5-1-12(2-6-13)17-16(11-3-7-14(8-4-11)29(20,26)27)22-15(28-17)9-10-21-18(24)23-25/h1-8,25H,9-10H2,(H2,20,26,27)(H2,21,23,24). The van der Waals surface area contributed by atoms with Gasteiger partial charge in [0.1, 0.15) is 5.69 Å². The lowest BCUT2D eigenvalue weighted by molar-refractivity contribution is 0.162. The maximum atomic E-state index is 11.5. The van der Waals surface area contributed by atoms with E-state index in [0.29, 0.717) is 27.9 Å². The van der Waals surface area contributed by atoms with Gasteiger partial charge in [0.2, 0.25) is 10.0 Å². The van der Waals surface area contributed by atoms with Crippen LogP contribution in [0, 0.1) is 0 Å². The second-order valence-electron chi connectivity index (χ2n) is 5.98. The number of hydrogen-bond acceptors (Lipinski definition) is 6. The van der Waals surface area contributed by atoms with E-state index in [0.717, 1.165) is 5.56 Å². The SMILES string of the molecule is NS(=O)(=O)c1ccc(-c2nc(CCNC(=O)NO)oc2-c2ccc(Cl)cc2)cc1. The predicted octanol–water partition coefficient (Wildman–Crippen LogP) is 2.54. The van der Waals surface area contributed by atoms with Crippen molar-refractivity contribution >= 4 is 27.7 Å². The molecule has 0 aliphatic carbocycles. The average molecular weight is 437 g/mol. The van der Waals surface area contributed by atoms with E-state index in [1.807, 2.05) is 0 Å². The molecule has 152 valence electrons. The molecule has 0 aliphatic rings. The molecule has 0 bridgehead atoms. The van der Waals surface area contributed by atoms with Crippen LogP contribution in [0.2, 0.25) is 5.02 Å². The van der Waals surface area contributed by atoms with Crippen molar-refractivity contribution < 1.29 is 22.8 Å². The van der Waals surface area contributed by atoms with Gasteiger partial charge in [0, 0.05) is 29.1 Å². The first-order valence-corrected chi connectivity index (χ1v) is 10.3. The van der Waals surface area contributed by atoms with Gasteiger partial charge >= 0.3 is 6.03 Å². The molecular formula is C18H17ClN4O5S.